The first-order chi connectivity index (χ1) is 15.9. The molecule has 0 radical (unpaired) electrons. The first kappa shape index (κ1) is 23.6. The first-order valence-electron chi connectivity index (χ1n) is 14.0. The molecule has 184 valence electrons. The highest BCUT2D eigenvalue weighted by atomic mass is 16.5. The summed E-state index contributed by atoms with van der Waals surface area (Å²) in [5.74, 6) is 3.46. The smallest absolute Gasteiger partial charge is 0.243 e. The van der Waals surface area contributed by atoms with Crippen molar-refractivity contribution in [2.75, 3.05) is 13.1 Å². The van der Waals surface area contributed by atoms with Gasteiger partial charge in [-0.3, -0.25) is 4.79 Å². The predicted octanol–water partition coefficient (Wildman–Crippen LogP) is 5.39. The van der Waals surface area contributed by atoms with Crippen molar-refractivity contribution in [2.45, 2.75) is 104 Å². The van der Waals surface area contributed by atoms with Gasteiger partial charge in [0.2, 0.25) is 5.91 Å². The van der Waals surface area contributed by atoms with Crippen LogP contribution >= 0.6 is 0 Å². The van der Waals surface area contributed by atoms with Gasteiger partial charge in [-0.05, 0) is 100.0 Å². The van der Waals surface area contributed by atoms with E-state index >= 15 is 0 Å². The number of nitrogens with one attached hydrogen (secondary N) is 2. The van der Waals surface area contributed by atoms with Crippen molar-refractivity contribution in [3.63, 3.8) is 0 Å². The van der Waals surface area contributed by atoms with E-state index in [9.17, 15) is 4.79 Å². The number of carbonyl (C=O) groups excluding carboxylic acids is 1. The van der Waals surface area contributed by atoms with E-state index in [-0.39, 0.29) is 16.9 Å². The van der Waals surface area contributed by atoms with Crippen LogP contribution in [0.1, 0.15) is 86.0 Å². The van der Waals surface area contributed by atoms with Crippen LogP contribution in [0.4, 0.5) is 0 Å². The van der Waals surface area contributed by atoms with Crippen LogP contribution in [0.3, 0.4) is 0 Å². The van der Waals surface area contributed by atoms with Gasteiger partial charge < -0.3 is 15.4 Å². The summed E-state index contributed by atoms with van der Waals surface area (Å²) in [5.41, 5.74) is 3.59. The molecule has 4 fully saturated rings. The minimum absolute atomic E-state index is 0.0449. The van der Waals surface area contributed by atoms with Gasteiger partial charge in [0, 0.05) is 18.5 Å². The Kier molecular flexibility index (Phi) is 6.31. The molecule has 0 aromatic rings. The molecule has 9 unspecified atom stereocenters. The van der Waals surface area contributed by atoms with Gasteiger partial charge in [-0.25, -0.2) is 0 Å². The molecule has 1 spiro atoms. The predicted molar refractivity (Wildman–Crippen MR) is 134 cm³/mol. The van der Waals surface area contributed by atoms with Crippen LogP contribution in [-0.2, 0) is 9.53 Å². The van der Waals surface area contributed by atoms with Crippen LogP contribution < -0.4 is 10.6 Å². The van der Waals surface area contributed by atoms with Crippen molar-refractivity contribution in [3.05, 3.63) is 23.3 Å². The van der Waals surface area contributed by atoms with E-state index < -0.39 is 0 Å². The molecule has 4 nitrogen and oxygen atoms in total. The summed E-state index contributed by atoms with van der Waals surface area (Å²) in [6, 6.07) is 0.549. The second-order valence-electron chi connectivity index (χ2n) is 12.0. The number of hydrogen-bond acceptors (Lipinski definition) is 3. The van der Waals surface area contributed by atoms with Crippen LogP contribution in [-0.4, -0.2) is 36.7 Å². The lowest BCUT2D eigenvalue weighted by Crippen LogP contribution is -2.46. The standard InChI is InChI=1S/C27H40N2O2.C2H6/c1-16-14-27(17(2)25-23(31-27)5-4-12-28-25)11-8-19-20-7-6-18-15-29-24(30)9-10-26(18,3)22(20)13-21(16)19;1-2/h9-10,17-20,22-23,25,28H,4-8,11-15H2,1-3H3,(H,29,30);1-2H3. The molecular formula is C29H46N2O2. The summed E-state index contributed by atoms with van der Waals surface area (Å²) in [6.07, 6.45) is 14.5. The third-order valence-electron chi connectivity index (χ3n) is 10.8. The summed E-state index contributed by atoms with van der Waals surface area (Å²) in [6.45, 7) is 13.3. The van der Waals surface area contributed by atoms with Gasteiger partial charge in [0.1, 0.15) is 0 Å². The highest BCUT2D eigenvalue weighted by Gasteiger charge is 2.58. The van der Waals surface area contributed by atoms with E-state index in [1.165, 1.54) is 44.9 Å². The van der Waals surface area contributed by atoms with E-state index in [0.29, 0.717) is 29.9 Å². The summed E-state index contributed by atoms with van der Waals surface area (Å²) in [4.78, 5) is 12.1. The maximum atomic E-state index is 12.1. The Labute approximate surface area is 201 Å². The van der Waals surface area contributed by atoms with E-state index in [4.69, 9.17) is 4.74 Å². The van der Waals surface area contributed by atoms with Crippen LogP contribution in [0, 0.1) is 35.0 Å². The van der Waals surface area contributed by atoms with E-state index in [1.54, 1.807) is 11.1 Å². The van der Waals surface area contributed by atoms with E-state index in [1.807, 2.05) is 19.9 Å². The molecule has 0 aromatic heterocycles. The van der Waals surface area contributed by atoms with Crippen molar-refractivity contribution in [3.8, 4) is 0 Å². The molecule has 0 bridgehead atoms. The Morgan fingerprint density at radius 2 is 1.97 bits per heavy atom. The average Bonchev–Trinajstić information content (AvgIpc) is 3.23. The molecule has 0 aromatic carbocycles. The van der Waals surface area contributed by atoms with Gasteiger partial charge in [0.25, 0.3) is 0 Å². The summed E-state index contributed by atoms with van der Waals surface area (Å²) < 4.78 is 6.94. The first-order valence-corrected chi connectivity index (χ1v) is 14.0. The van der Waals surface area contributed by atoms with Crippen molar-refractivity contribution in [1.29, 1.82) is 0 Å². The van der Waals surface area contributed by atoms with Gasteiger partial charge in [0.15, 0.2) is 0 Å². The second-order valence-corrected chi connectivity index (χ2v) is 12.0. The van der Waals surface area contributed by atoms with E-state index in [0.717, 1.165) is 31.3 Å². The molecule has 3 aliphatic carbocycles. The lowest BCUT2D eigenvalue weighted by molar-refractivity contribution is -0.116. The quantitative estimate of drug-likeness (QED) is 0.482. The van der Waals surface area contributed by atoms with Gasteiger partial charge in [-0.1, -0.05) is 44.9 Å². The monoisotopic (exact) mass is 454 g/mol. The molecule has 2 saturated carbocycles. The topological polar surface area (TPSA) is 50.4 Å². The molecular weight excluding hydrogens is 408 g/mol. The molecule has 9 atom stereocenters. The van der Waals surface area contributed by atoms with Gasteiger partial charge in [-0.15, -0.1) is 0 Å². The minimum Gasteiger partial charge on any atom is -0.369 e. The van der Waals surface area contributed by atoms with Gasteiger partial charge in [0.05, 0.1) is 11.7 Å². The molecule has 2 N–H and O–H groups in total. The fourth-order valence-electron chi connectivity index (χ4n) is 8.96. The SMILES string of the molecule is CC.CC1=C2CC3C(CCC4CNC(=O)C=CC43C)C2CCC2(C1)OC1CCCNC1C2C. The average molecular weight is 455 g/mol. The highest BCUT2D eigenvalue weighted by Crippen LogP contribution is 2.62. The summed E-state index contributed by atoms with van der Waals surface area (Å²) in [7, 11) is 0. The molecule has 3 aliphatic heterocycles. The Bertz CT molecular complexity index is 833. The molecule has 2 saturated heterocycles. The third kappa shape index (κ3) is 3.66. The minimum atomic E-state index is 0.0449. The van der Waals surface area contributed by atoms with Gasteiger partial charge >= 0.3 is 0 Å². The number of ether oxygens (including phenoxy) is 1. The number of amides is 1. The number of carbonyl (C=O) groups is 1. The van der Waals surface area contributed by atoms with Crippen LogP contribution in [0.2, 0.25) is 0 Å². The fraction of sp³-hybridized carbons (Fsp3) is 0.828. The Balaban J connectivity index is 0.00000111. The molecule has 6 rings (SSSR count). The zero-order chi connectivity index (χ0) is 23.4. The Morgan fingerprint density at radius 1 is 1.15 bits per heavy atom. The zero-order valence-electron chi connectivity index (χ0n) is 21.6. The number of rotatable bonds is 0. The molecule has 6 aliphatic rings. The van der Waals surface area contributed by atoms with Crippen molar-refractivity contribution in [2.24, 2.45) is 35.0 Å². The largest absolute Gasteiger partial charge is 0.369 e. The van der Waals surface area contributed by atoms with Crippen LogP contribution in [0.25, 0.3) is 0 Å². The fourth-order valence-corrected chi connectivity index (χ4v) is 8.96. The van der Waals surface area contributed by atoms with Crippen LogP contribution in [0.5, 0.6) is 0 Å². The summed E-state index contributed by atoms with van der Waals surface area (Å²) >= 11 is 0. The number of fused-ring (bicyclic) bond motifs is 6. The lowest BCUT2D eigenvalue weighted by atomic mass is 9.57. The molecule has 4 heteroatoms. The summed E-state index contributed by atoms with van der Waals surface area (Å²) in [5, 5.41) is 6.93. The maximum Gasteiger partial charge on any atom is 0.243 e. The normalized spacial score (nSPS) is 48.5. The number of hydrogen-bond donors (Lipinski definition) is 2. The maximum absolute atomic E-state index is 12.1. The molecule has 33 heavy (non-hydrogen) atoms. The number of allylic oxidation sites excluding steroid dienone is 2. The third-order valence-corrected chi connectivity index (χ3v) is 10.8. The zero-order valence-corrected chi connectivity index (χ0v) is 21.6. The molecule has 3 heterocycles. The van der Waals surface area contributed by atoms with Crippen LogP contribution in [0.15, 0.2) is 23.3 Å². The Hall–Kier alpha value is -1.13. The second kappa shape index (κ2) is 8.82. The van der Waals surface area contributed by atoms with Crippen molar-refractivity contribution in [1.82, 2.24) is 10.6 Å². The van der Waals surface area contributed by atoms with Crippen molar-refractivity contribution >= 4 is 5.91 Å². The highest BCUT2D eigenvalue weighted by molar-refractivity contribution is 5.87. The molecule has 1 amide bonds. The number of piperidine rings is 1. The van der Waals surface area contributed by atoms with Gasteiger partial charge in [-0.2, -0.15) is 0 Å². The van der Waals surface area contributed by atoms with Crippen molar-refractivity contribution < 1.29 is 9.53 Å². The Morgan fingerprint density at radius 3 is 2.76 bits per heavy atom. The lowest BCUT2D eigenvalue weighted by Gasteiger charge is -2.48. The van der Waals surface area contributed by atoms with E-state index in [2.05, 4.69) is 37.5 Å².